The number of anilines is 1. The third-order valence-corrected chi connectivity index (χ3v) is 4.16. The summed E-state index contributed by atoms with van der Waals surface area (Å²) in [6, 6.07) is 2.77. The van der Waals surface area contributed by atoms with Gasteiger partial charge in [0.25, 0.3) is 0 Å². The number of nitrogens with two attached hydrogens (primary N) is 1. The SMILES string of the molecule is [2H]c1cc([C@]2(C#N)O[C@H](C([2H])([2H])OC(C)=O)[C@@H](OC(C)=O)[C@H]2OC(C)=O)n2ncnc(N)c12. The van der Waals surface area contributed by atoms with Crippen molar-refractivity contribution < 1.29 is 37.4 Å². The van der Waals surface area contributed by atoms with Gasteiger partial charge in [-0.05, 0) is 12.1 Å². The summed E-state index contributed by atoms with van der Waals surface area (Å²) >= 11 is 0. The van der Waals surface area contributed by atoms with Crippen molar-refractivity contribution in [3.05, 3.63) is 24.1 Å². The zero-order valence-corrected chi connectivity index (χ0v) is 16.1. The van der Waals surface area contributed by atoms with Crippen LogP contribution in [0.3, 0.4) is 0 Å². The molecule has 0 radical (unpaired) electrons. The Kier molecular flexibility index (Phi) is 4.55. The largest absolute Gasteiger partial charge is 0.463 e. The summed E-state index contributed by atoms with van der Waals surface area (Å²) in [6.45, 7) is 0.0562. The highest BCUT2D eigenvalue weighted by atomic mass is 16.7. The molecule has 1 fully saturated rings. The van der Waals surface area contributed by atoms with Crippen molar-refractivity contribution in [2.24, 2.45) is 0 Å². The van der Waals surface area contributed by atoms with E-state index >= 15 is 0 Å². The molecule has 0 spiro atoms. The highest BCUT2D eigenvalue weighted by Gasteiger charge is 2.62. The van der Waals surface area contributed by atoms with Gasteiger partial charge < -0.3 is 24.7 Å². The zero-order chi connectivity index (χ0) is 24.7. The van der Waals surface area contributed by atoms with Crippen molar-refractivity contribution >= 4 is 29.2 Å². The molecule has 12 heteroatoms. The molecule has 30 heavy (non-hydrogen) atoms. The number of fused-ring (bicyclic) bond motifs is 1. The molecule has 0 aromatic carbocycles. The van der Waals surface area contributed by atoms with Crippen molar-refractivity contribution in [2.75, 3.05) is 12.3 Å². The summed E-state index contributed by atoms with van der Waals surface area (Å²) in [5.41, 5.74) is 3.30. The Hall–Kier alpha value is -3.72. The van der Waals surface area contributed by atoms with Gasteiger partial charge in [0.05, 0.1) is 9.81 Å². The molecule has 4 atom stereocenters. The molecule has 2 N–H and O–H groups in total. The van der Waals surface area contributed by atoms with Crippen molar-refractivity contribution in [2.45, 2.75) is 44.7 Å². The fourth-order valence-corrected chi connectivity index (χ4v) is 3.10. The summed E-state index contributed by atoms with van der Waals surface area (Å²) in [6.07, 6.45) is -4.33. The second kappa shape index (κ2) is 7.96. The Morgan fingerprint density at radius 3 is 2.67 bits per heavy atom. The molecule has 0 amide bonds. The van der Waals surface area contributed by atoms with Crippen LogP contribution in [0.1, 0.15) is 30.6 Å². The van der Waals surface area contributed by atoms with Crippen LogP contribution in [0.2, 0.25) is 0 Å². The lowest BCUT2D eigenvalue weighted by molar-refractivity contribution is -0.167. The zero-order valence-electron chi connectivity index (χ0n) is 19.1. The second-order valence-corrected chi connectivity index (χ2v) is 6.28. The number of nitriles is 1. The van der Waals surface area contributed by atoms with Crippen LogP contribution in [0.25, 0.3) is 5.52 Å². The van der Waals surface area contributed by atoms with Crippen LogP contribution in [0.5, 0.6) is 0 Å². The lowest BCUT2D eigenvalue weighted by Crippen LogP contribution is -2.45. The molecule has 1 aliphatic rings. The number of nitrogen functional groups attached to an aromatic ring is 1. The van der Waals surface area contributed by atoms with Crippen molar-refractivity contribution in [1.29, 1.82) is 5.26 Å². The minimum Gasteiger partial charge on any atom is -0.463 e. The maximum atomic E-state index is 11.9. The minimum atomic E-state index is -2.92. The summed E-state index contributed by atoms with van der Waals surface area (Å²) in [7, 11) is 0. The van der Waals surface area contributed by atoms with Gasteiger partial charge in [-0.25, -0.2) is 9.50 Å². The summed E-state index contributed by atoms with van der Waals surface area (Å²) in [5, 5.41) is 14.2. The van der Waals surface area contributed by atoms with E-state index in [1.807, 2.05) is 6.07 Å². The number of nitrogens with zero attached hydrogens (tertiary/aromatic N) is 4. The number of ether oxygens (including phenoxy) is 4. The number of carbonyl (C=O) groups excluding carboxylic acids is 3. The first kappa shape index (κ1) is 17.2. The summed E-state index contributed by atoms with van der Waals surface area (Å²) < 4.78 is 46.6. The molecule has 12 nitrogen and oxygen atoms in total. The van der Waals surface area contributed by atoms with E-state index < -0.39 is 48.4 Å². The molecule has 2 aromatic rings. The first-order valence-corrected chi connectivity index (χ1v) is 8.56. The van der Waals surface area contributed by atoms with Gasteiger partial charge in [-0.2, -0.15) is 10.4 Å². The third-order valence-electron chi connectivity index (χ3n) is 4.16. The fraction of sp³-hybridized carbons (Fsp3) is 0.444. The molecule has 1 aliphatic heterocycles. The van der Waals surface area contributed by atoms with Crippen LogP contribution >= 0.6 is 0 Å². The lowest BCUT2D eigenvalue weighted by Gasteiger charge is -2.28. The average molecular weight is 420 g/mol. The van der Waals surface area contributed by atoms with Crippen LogP contribution in [-0.2, 0) is 38.9 Å². The molecular formula is C18H19N5O7. The van der Waals surface area contributed by atoms with Crippen LogP contribution in [0.15, 0.2) is 18.4 Å². The van der Waals surface area contributed by atoms with Crippen LogP contribution < -0.4 is 5.73 Å². The maximum Gasteiger partial charge on any atom is 0.303 e. The predicted molar refractivity (Wildman–Crippen MR) is 97.3 cm³/mol. The first-order chi connectivity index (χ1) is 15.3. The van der Waals surface area contributed by atoms with Crippen LogP contribution in [0.4, 0.5) is 5.82 Å². The van der Waals surface area contributed by atoms with Crippen LogP contribution in [-0.4, -0.2) is 57.4 Å². The Balaban J connectivity index is 2.30. The molecule has 3 rings (SSSR count). The summed E-state index contributed by atoms with van der Waals surface area (Å²) in [5.74, 6) is -2.94. The molecule has 0 bridgehead atoms. The van der Waals surface area contributed by atoms with E-state index in [9.17, 15) is 19.6 Å². The smallest absolute Gasteiger partial charge is 0.303 e. The fourth-order valence-electron chi connectivity index (χ4n) is 3.10. The van der Waals surface area contributed by atoms with Gasteiger partial charge in [-0.15, -0.1) is 0 Å². The van der Waals surface area contributed by atoms with E-state index in [1.165, 1.54) is 0 Å². The first-order valence-electron chi connectivity index (χ1n) is 10.1. The summed E-state index contributed by atoms with van der Waals surface area (Å²) in [4.78, 5) is 39.0. The third kappa shape index (κ3) is 3.62. The standard InChI is InChI=1S/C18H19N5O7/c1-9(24)27-6-13-15(28-10(2)25)16(29-11(3)26)18(7-19,30-13)14-5-4-12-17(20)21-8-22-23(12)14/h4-5,8,13,15-16H,6H2,1-3H3,(H2,20,21,22)/t13-,15-,16-,18+/m1/s1/i4D,6D2. The Labute approximate surface area is 174 Å². The maximum absolute atomic E-state index is 11.9. The highest BCUT2D eigenvalue weighted by Crippen LogP contribution is 2.43. The van der Waals surface area contributed by atoms with Crippen molar-refractivity contribution in [3.63, 3.8) is 0 Å². The van der Waals surface area contributed by atoms with E-state index in [-0.39, 0.29) is 23.1 Å². The van der Waals surface area contributed by atoms with Gasteiger partial charge in [0, 0.05) is 20.8 Å². The molecule has 1 saturated heterocycles. The van der Waals surface area contributed by atoms with Crippen molar-refractivity contribution in [3.8, 4) is 6.07 Å². The van der Waals surface area contributed by atoms with E-state index in [2.05, 4.69) is 10.1 Å². The van der Waals surface area contributed by atoms with Crippen molar-refractivity contribution in [1.82, 2.24) is 14.6 Å². The monoisotopic (exact) mass is 420 g/mol. The molecule has 0 aliphatic carbocycles. The number of esters is 3. The van der Waals surface area contributed by atoms with E-state index in [4.69, 9.17) is 28.8 Å². The van der Waals surface area contributed by atoms with Gasteiger partial charge >= 0.3 is 17.9 Å². The van der Waals surface area contributed by atoms with Gasteiger partial charge in [-0.1, -0.05) is 0 Å². The van der Waals surface area contributed by atoms with Gasteiger partial charge in [0.2, 0.25) is 5.60 Å². The van der Waals surface area contributed by atoms with Gasteiger partial charge in [-0.3, -0.25) is 14.4 Å². The van der Waals surface area contributed by atoms with Crippen LogP contribution in [0, 0.1) is 11.3 Å². The number of aromatic nitrogens is 3. The molecule has 2 aromatic heterocycles. The Morgan fingerprint density at radius 1 is 1.37 bits per heavy atom. The van der Waals surface area contributed by atoms with E-state index in [0.717, 1.165) is 37.7 Å². The molecule has 3 heterocycles. The number of hydrogen-bond acceptors (Lipinski definition) is 11. The minimum absolute atomic E-state index is 0.00258. The van der Waals surface area contributed by atoms with Gasteiger partial charge in [0.1, 0.15) is 30.6 Å². The number of carbonyl (C=O) groups is 3. The topological polar surface area (TPSA) is 168 Å². The molecular weight excluding hydrogens is 398 g/mol. The van der Waals surface area contributed by atoms with E-state index in [1.54, 1.807) is 0 Å². The Morgan fingerprint density at radius 2 is 2.07 bits per heavy atom. The normalized spacial score (nSPS) is 27.4. The molecule has 158 valence electrons. The highest BCUT2D eigenvalue weighted by molar-refractivity contribution is 5.69. The van der Waals surface area contributed by atoms with Gasteiger partial charge in [0.15, 0.2) is 18.0 Å². The van der Waals surface area contributed by atoms with E-state index in [0.29, 0.717) is 0 Å². The second-order valence-electron chi connectivity index (χ2n) is 6.28. The number of hydrogen-bond donors (Lipinski definition) is 1. The average Bonchev–Trinajstić information content (AvgIpc) is 3.18. The number of rotatable bonds is 5. The quantitative estimate of drug-likeness (QED) is 0.504. The molecule has 0 unspecified atom stereocenters. The Bertz CT molecular complexity index is 1180. The lowest BCUT2D eigenvalue weighted by atomic mass is 9.92. The predicted octanol–water partition coefficient (Wildman–Crippen LogP) is -0.144. The molecule has 0 saturated carbocycles.